The van der Waals surface area contributed by atoms with Crippen LogP contribution in [0.3, 0.4) is 0 Å². The minimum Gasteiger partial charge on any atom is -0.355 e. The highest BCUT2D eigenvalue weighted by Gasteiger charge is 2.24. The summed E-state index contributed by atoms with van der Waals surface area (Å²) in [4.78, 5) is 4.75. The van der Waals surface area contributed by atoms with Crippen molar-refractivity contribution >= 4 is 17.2 Å². The zero-order valence-corrected chi connectivity index (χ0v) is 15.8. The Balaban J connectivity index is 1.52. The Labute approximate surface area is 147 Å². The zero-order chi connectivity index (χ0) is 17.1. The molecule has 1 saturated heterocycles. The van der Waals surface area contributed by atoms with E-state index in [0.717, 1.165) is 54.0 Å². The van der Waals surface area contributed by atoms with E-state index in [1.54, 1.807) is 11.3 Å². The van der Waals surface area contributed by atoms with Gasteiger partial charge in [0.15, 0.2) is 5.82 Å². The van der Waals surface area contributed by atoms with E-state index in [9.17, 15) is 0 Å². The van der Waals surface area contributed by atoms with Crippen molar-refractivity contribution in [2.24, 2.45) is 0 Å². The highest BCUT2D eigenvalue weighted by atomic mass is 32.1. The maximum atomic E-state index is 4.34. The smallest absolute Gasteiger partial charge is 0.151 e. The second-order valence-corrected chi connectivity index (χ2v) is 7.93. The average molecular weight is 347 g/mol. The normalized spacial score (nSPS) is 16.7. The number of rotatable bonds is 5. The third-order valence-corrected chi connectivity index (χ3v) is 5.79. The SMILES string of the molecule is Cc1ccc(N(C)C2CCN(Cc3nnc(C(C)C)s3)CC2)nn1. The lowest BCUT2D eigenvalue weighted by molar-refractivity contribution is 0.202. The lowest BCUT2D eigenvalue weighted by Gasteiger charge is -2.36. The van der Waals surface area contributed by atoms with Crippen LogP contribution in [0, 0.1) is 6.92 Å². The van der Waals surface area contributed by atoms with Gasteiger partial charge < -0.3 is 4.90 Å². The van der Waals surface area contributed by atoms with Gasteiger partial charge in [-0.1, -0.05) is 25.2 Å². The van der Waals surface area contributed by atoms with Crippen molar-refractivity contribution in [1.29, 1.82) is 0 Å². The standard InChI is InChI=1S/C17H26N6S/c1-12(2)17-21-20-16(24-17)11-23-9-7-14(8-10-23)22(4)15-6-5-13(3)18-19-15/h5-6,12,14H,7-11H2,1-4H3. The summed E-state index contributed by atoms with van der Waals surface area (Å²) in [5.74, 6) is 1.43. The maximum absolute atomic E-state index is 4.34. The Bertz CT molecular complexity index is 645. The lowest BCUT2D eigenvalue weighted by atomic mass is 10.0. The van der Waals surface area contributed by atoms with Gasteiger partial charge in [0.1, 0.15) is 10.0 Å². The summed E-state index contributed by atoms with van der Waals surface area (Å²) in [6.07, 6.45) is 2.28. The Morgan fingerprint density at radius 3 is 2.50 bits per heavy atom. The Morgan fingerprint density at radius 1 is 1.17 bits per heavy atom. The fraction of sp³-hybridized carbons (Fsp3) is 0.647. The molecule has 2 aromatic rings. The summed E-state index contributed by atoms with van der Waals surface area (Å²) in [5, 5.41) is 19.4. The topological polar surface area (TPSA) is 58.0 Å². The summed E-state index contributed by atoms with van der Waals surface area (Å²) in [6.45, 7) is 9.40. The molecule has 1 aliphatic rings. The molecule has 2 aromatic heterocycles. The molecule has 0 saturated carbocycles. The molecule has 3 rings (SSSR count). The molecule has 0 aliphatic carbocycles. The van der Waals surface area contributed by atoms with Gasteiger partial charge in [-0.25, -0.2) is 0 Å². The van der Waals surface area contributed by atoms with Crippen LogP contribution >= 0.6 is 11.3 Å². The molecule has 3 heterocycles. The first-order valence-corrected chi connectivity index (χ1v) is 9.42. The van der Waals surface area contributed by atoms with Gasteiger partial charge in [0, 0.05) is 32.1 Å². The van der Waals surface area contributed by atoms with Gasteiger partial charge in [0.25, 0.3) is 0 Å². The number of aryl methyl sites for hydroxylation is 1. The quantitative estimate of drug-likeness (QED) is 0.830. The highest BCUT2D eigenvalue weighted by Crippen LogP contribution is 2.23. The first-order valence-electron chi connectivity index (χ1n) is 8.60. The zero-order valence-electron chi connectivity index (χ0n) is 14.9. The molecule has 0 amide bonds. The number of piperidine rings is 1. The third-order valence-electron chi connectivity index (χ3n) is 4.59. The molecule has 0 spiro atoms. The molecule has 0 unspecified atom stereocenters. The molecule has 0 radical (unpaired) electrons. The molecule has 1 fully saturated rings. The van der Waals surface area contributed by atoms with Crippen LogP contribution in [-0.4, -0.2) is 51.5 Å². The fourth-order valence-electron chi connectivity index (χ4n) is 2.99. The molecule has 7 heteroatoms. The van der Waals surface area contributed by atoms with Crippen molar-refractivity contribution in [2.75, 3.05) is 25.0 Å². The molecule has 0 bridgehead atoms. The number of likely N-dealkylation sites (tertiary alicyclic amines) is 1. The summed E-state index contributed by atoms with van der Waals surface area (Å²) < 4.78 is 0. The Hall–Kier alpha value is -1.60. The number of anilines is 1. The van der Waals surface area contributed by atoms with Crippen molar-refractivity contribution < 1.29 is 0 Å². The predicted molar refractivity (Wildman–Crippen MR) is 97.5 cm³/mol. The van der Waals surface area contributed by atoms with E-state index in [1.165, 1.54) is 0 Å². The fourth-order valence-corrected chi connectivity index (χ4v) is 3.87. The second-order valence-electron chi connectivity index (χ2n) is 6.84. The van der Waals surface area contributed by atoms with Crippen molar-refractivity contribution in [3.63, 3.8) is 0 Å². The van der Waals surface area contributed by atoms with Gasteiger partial charge >= 0.3 is 0 Å². The molecule has 0 N–H and O–H groups in total. The summed E-state index contributed by atoms with van der Waals surface area (Å²) in [6, 6.07) is 4.61. The molecule has 24 heavy (non-hydrogen) atoms. The molecule has 0 aromatic carbocycles. The number of hydrogen-bond donors (Lipinski definition) is 0. The predicted octanol–water partition coefficient (Wildman–Crippen LogP) is 2.86. The molecule has 1 aliphatic heterocycles. The number of aromatic nitrogens is 4. The first kappa shape index (κ1) is 17.2. The van der Waals surface area contributed by atoms with Crippen molar-refractivity contribution in [3.05, 3.63) is 27.8 Å². The van der Waals surface area contributed by atoms with Crippen molar-refractivity contribution in [2.45, 2.75) is 52.1 Å². The van der Waals surface area contributed by atoms with Crippen LogP contribution in [0.5, 0.6) is 0 Å². The van der Waals surface area contributed by atoms with Crippen molar-refractivity contribution in [3.8, 4) is 0 Å². The van der Waals surface area contributed by atoms with E-state index in [-0.39, 0.29) is 0 Å². The maximum Gasteiger partial charge on any atom is 0.151 e. The lowest BCUT2D eigenvalue weighted by Crippen LogP contribution is -2.43. The van der Waals surface area contributed by atoms with Crippen LogP contribution in [0.2, 0.25) is 0 Å². The van der Waals surface area contributed by atoms with Gasteiger partial charge in [0.2, 0.25) is 0 Å². The van der Waals surface area contributed by atoms with Crippen LogP contribution < -0.4 is 4.90 Å². The molecular formula is C17H26N6S. The largest absolute Gasteiger partial charge is 0.355 e. The molecule has 0 atom stereocenters. The van der Waals surface area contributed by atoms with Gasteiger partial charge in [-0.15, -0.1) is 15.3 Å². The van der Waals surface area contributed by atoms with E-state index in [1.807, 2.05) is 13.0 Å². The van der Waals surface area contributed by atoms with Gasteiger partial charge in [-0.3, -0.25) is 4.90 Å². The minimum absolute atomic E-state index is 0.464. The van der Waals surface area contributed by atoms with Crippen LogP contribution in [0.25, 0.3) is 0 Å². The van der Waals surface area contributed by atoms with Crippen LogP contribution in [-0.2, 0) is 6.54 Å². The monoisotopic (exact) mass is 346 g/mol. The minimum atomic E-state index is 0.464. The van der Waals surface area contributed by atoms with E-state index < -0.39 is 0 Å². The van der Waals surface area contributed by atoms with E-state index in [2.05, 4.69) is 57.2 Å². The third kappa shape index (κ3) is 4.08. The van der Waals surface area contributed by atoms with Crippen LogP contribution in [0.1, 0.15) is 48.3 Å². The highest BCUT2D eigenvalue weighted by molar-refractivity contribution is 7.11. The summed E-state index contributed by atoms with van der Waals surface area (Å²) >= 11 is 1.75. The van der Waals surface area contributed by atoms with Gasteiger partial charge in [-0.05, 0) is 31.9 Å². The molecule has 130 valence electrons. The second kappa shape index (κ2) is 7.53. The summed E-state index contributed by atoms with van der Waals surface area (Å²) in [5.41, 5.74) is 0.958. The van der Waals surface area contributed by atoms with E-state index in [0.29, 0.717) is 12.0 Å². The van der Waals surface area contributed by atoms with E-state index >= 15 is 0 Å². The molecular weight excluding hydrogens is 320 g/mol. The molecule has 6 nitrogen and oxygen atoms in total. The van der Waals surface area contributed by atoms with Crippen LogP contribution in [0.4, 0.5) is 5.82 Å². The summed E-state index contributed by atoms with van der Waals surface area (Å²) in [7, 11) is 2.12. The van der Waals surface area contributed by atoms with Crippen molar-refractivity contribution in [1.82, 2.24) is 25.3 Å². The number of nitrogens with zero attached hydrogens (tertiary/aromatic N) is 6. The van der Waals surface area contributed by atoms with Gasteiger partial charge in [0.05, 0.1) is 12.2 Å². The Kier molecular flexibility index (Phi) is 5.40. The number of hydrogen-bond acceptors (Lipinski definition) is 7. The van der Waals surface area contributed by atoms with Gasteiger partial charge in [-0.2, -0.15) is 5.10 Å². The average Bonchev–Trinajstić information content (AvgIpc) is 3.04. The van der Waals surface area contributed by atoms with E-state index in [4.69, 9.17) is 0 Å². The Morgan fingerprint density at radius 2 is 1.92 bits per heavy atom. The van der Waals surface area contributed by atoms with Crippen LogP contribution in [0.15, 0.2) is 12.1 Å². The first-order chi connectivity index (χ1) is 11.5.